The van der Waals surface area contributed by atoms with E-state index >= 15 is 0 Å². The first-order chi connectivity index (χ1) is 14.4. The molecule has 2 saturated carbocycles. The molecule has 4 atom stereocenters. The molecule has 2 aliphatic carbocycles. The van der Waals surface area contributed by atoms with Gasteiger partial charge >= 0.3 is 0 Å². The Morgan fingerprint density at radius 1 is 1.03 bits per heavy atom. The Morgan fingerprint density at radius 2 is 1.70 bits per heavy atom. The second kappa shape index (κ2) is 10.7. The molecule has 1 aromatic carbocycles. The summed E-state index contributed by atoms with van der Waals surface area (Å²) in [6.07, 6.45) is 8.62. The van der Waals surface area contributed by atoms with Crippen LogP contribution < -0.4 is 5.32 Å². The average Bonchev–Trinajstić information content (AvgIpc) is 2.76. The Morgan fingerprint density at radius 3 is 2.33 bits per heavy atom. The number of alkyl halides is 1. The monoisotopic (exact) mass is 432 g/mol. The van der Waals surface area contributed by atoms with E-state index in [0.717, 1.165) is 49.7 Å². The first kappa shape index (κ1) is 23.1. The number of carbonyl (C=O) groups excluding carboxylic acids is 2. The zero-order valence-electron chi connectivity index (χ0n) is 18.7. The van der Waals surface area contributed by atoms with E-state index in [1.165, 1.54) is 12.8 Å². The van der Waals surface area contributed by atoms with Gasteiger partial charge in [0.15, 0.2) is 0 Å². The number of carbonyl (C=O) groups is 2. The van der Waals surface area contributed by atoms with Crippen molar-refractivity contribution in [3.05, 3.63) is 35.4 Å². The van der Waals surface area contributed by atoms with Crippen LogP contribution in [0.15, 0.2) is 24.3 Å². The third kappa shape index (κ3) is 5.38. The molecule has 0 aliphatic heterocycles. The third-order valence-corrected chi connectivity index (χ3v) is 7.55. The van der Waals surface area contributed by atoms with Gasteiger partial charge in [-0.05, 0) is 43.6 Å². The topological polar surface area (TPSA) is 49.4 Å². The van der Waals surface area contributed by atoms with Crippen LogP contribution in [-0.2, 0) is 9.59 Å². The van der Waals surface area contributed by atoms with Gasteiger partial charge in [0, 0.05) is 12.1 Å². The SMILES string of the molecule is Cc1ccc(C(C(=O)NC2CCCC(C)C2C)N(C(=O)CCl)C2CCCCC2)cc1. The fourth-order valence-electron chi connectivity index (χ4n) is 5.22. The second-order valence-electron chi connectivity index (χ2n) is 9.42. The van der Waals surface area contributed by atoms with Crippen molar-refractivity contribution in [3.63, 3.8) is 0 Å². The first-order valence-corrected chi connectivity index (χ1v) is 12.2. The van der Waals surface area contributed by atoms with Crippen molar-refractivity contribution in [1.29, 1.82) is 0 Å². The molecule has 1 aromatic rings. The van der Waals surface area contributed by atoms with E-state index < -0.39 is 6.04 Å². The summed E-state index contributed by atoms with van der Waals surface area (Å²) < 4.78 is 0. The Kier molecular flexibility index (Phi) is 8.21. The smallest absolute Gasteiger partial charge is 0.247 e. The lowest BCUT2D eigenvalue weighted by molar-refractivity contribution is -0.143. The van der Waals surface area contributed by atoms with Crippen LogP contribution in [0.5, 0.6) is 0 Å². The highest BCUT2D eigenvalue weighted by atomic mass is 35.5. The fraction of sp³-hybridized carbons (Fsp3) is 0.680. The number of aryl methyl sites for hydroxylation is 1. The quantitative estimate of drug-likeness (QED) is 0.613. The normalized spacial score (nSPS) is 26.1. The van der Waals surface area contributed by atoms with Crippen LogP contribution in [0.4, 0.5) is 0 Å². The van der Waals surface area contributed by atoms with Gasteiger partial charge in [0.1, 0.15) is 11.9 Å². The number of nitrogens with zero attached hydrogens (tertiary/aromatic N) is 1. The molecule has 3 rings (SSSR count). The summed E-state index contributed by atoms with van der Waals surface area (Å²) in [6.45, 7) is 6.54. The van der Waals surface area contributed by atoms with Gasteiger partial charge in [-0.3, -0.25) is 9.59 Å². The highest BCUT2D eigenvalue weighted by Crippen LogP contribution is 2.33. The van der Waals surface area contributed by atoms with Crippen LogP contribution in [0.1, 0.15) is 82.4 Å². The summed E-state index contributed by atoms with van der Waals surface area (Å²) >= 11 is 6.04. The third-order valence-electron chi connectivity index (χ3n) is 7.32. The summed E-state index contributed by atoms with van der Waals surface area (Å²) in [6, 6.07) is 7.63. The predicted octanol–water partition coefficient (Wildman–Crippen LogP) is 5.38. The summed E-state index contributed by atoms with van der Waals surface area (Å²) in [5.41, 5.74) is 2.01. The predicted molar refractivity (Wildman–Crippen MR) is 122 cm³/mol. The van der Waals surface area contributed by atoms with Gasteiger partial charge in [-0.25, -0.2) is 0 Å². The summed E-state index contributed by atoms with van der Waals surface area (Å²) in [5, 5.41) is 3.33. The maximum absolute atomic E-state index is 13.7. The van der Waals surface area contributed by atoms with Crippen LogP contribution in [0.2, 0.25) is 0 Å². The number of nitrogens with one attached hydrogen (secondary N) is 1. The van der Waals surface area contributed by atoms with Crippen LogP contribution >= 0.6 is 11.6 Å². The van der Waals surface area contributed by atoms with Crippen LogP contribution in [0.25, 0.3) is 0 Å². The lowest BCUT2D eigenvalue weighted by Crippen LogP contribution is -2.53. The number of rotatable bonds is 6. The van der Waals surface area contributed by atoms with Crippen LogP contribution in [0.3, 0.4) is 0 Å². The van der Waals surface area contributed by atoms with E-state index in [0.29, 0.717) is 11.8 Å². The zero-order chi connectivity index (χ0) is 21.7. The minimum Gasteiger partial charge on any atom is -0.351 e. The minimum absolute atomic E-state index is 0.0613. The average molecular weight is 433 g/mol. The van der Waals surface area contributed by atoms with E-state index in [-0.39, 0.29) is 29.8 Å². The molecule has 4 unspecified atom stereocenters. The van der Waals surface area contributed by atoms with Gasteiger partial charge < -0.3 is 10.2 Å². The molecular formula is C25H37ClN2O2. The van der Waals surface area contributed by atoms with Crippen molar-refractivity contribution in [2.24, 2.45) is 11.8 Å². The number of amides is 2. The molecule has 30 heavy (non-hydrogen) atoms. The van der Waals surface area contributed by atoms with Gasteiger partial charge in [0.2, 0.25) is 11.8 Å². The van der Waals surface area contributed by atoms with Crippen molar-refractivity contribution in [2.45, 2.75) is 90.3 Å². The number of hydrogen-bond acceptors (Lipinski definition) is 2. The standard InChI is InChI=1S/C25H37ClN2O2/c1-17-12-14-20(15-13-17)24(25(30)27-22-11-7-8-18(2)19(22)3)28(23(29)16-26)21-9-5-4-6-10-21/h12-15,18-19,21-22,24H,4-11,16H2,1-3H3,(H,27,30). The number of benzene rings is 1. The molecular weight excluding hydrogens is 396 g/mol. The Bertz CT molecular complexity index is 714. The Hall–Kier alpha value is -1.55. The van der Waals surface area contributed by atoms with Gasteiger partial charge in [-0.1, -0.05) is 75.8 Å². The van der Waals surface area contributed by atoms with Crippen molar-refractivity contribution in [1.82, 2.24) is 10.2 Å². The molecule has 4 nitrogen and oxygen atoms in total. The molecule has 0 radical (unpaired) electrons. The maximum Gasteiger partial charge on any atom is 0.247 e. The lowest BCUT2D eigenvalue weighted by Gasteiger charge is -2.41. The van der Waals surface area contributed by atoms with E-state index in [9.17, 15) is 9.59 Å². The maximum atomic E-state index is 13.7. The fourth-order valence-corrected chi connectivity index (χ4v) is 5.36. The van der Waals surface area contributed by atoms with Crippen molar-refractivity contribution < 1.29 is 9.59 Å². The van der Waals surface area contributed by atoms with E-state index in [1.807, 2.05) is 36.1 Å². The van der Waals surface area contributed by atoms with Crippen LogP contribution in [0, 0.1) is 18.8 Å². The lowest BCUT2D eigenvalue weighted by atomic mass is 9.78. The van der Waals surface area contributed by atoms with Gasteiger partial charge in [-0.2, -0.15) is 0 Å². The van der Waals surface area contributed by atoms with Gasteiger partial charge in [-0.15, -0.1) is 11.6 Å². The van der Waals surface area contributed by atoms with E-state index in [4.69, 9.17) is 11.6 Å². The summed E-state index contributed by atoms with van der Waals surface area (Å²) in [4.78, 5) is 28.5. The molecule has 2 aliphatic rings. The molecule has 0 aromatic heterocycles. The van der Waals surface area contributed by atoms with Crippen molar-refractivity contribution >= 4 is 23.4 Å². The largest absolute Gasteiger partial charge is 0.351 e. The molecule has 0 saturated heterocycles. The van der Waals surface area contributed by atoms with E-state index in [2.05, 4.69) is 19.2 Å². The van der Waals surface area contributed by atoms with Gasteiger partial charge in [0.25, 0.3) is 0 Å². The highest BCUT2D eigenvalue weighted by Gasteiger charge is 2.38. The molecule has 2 fully saturated rings. The Labute approximate surface area is 186 Å². The van der Waals surface area contributed by atoms with Gasteiger partial charge in [0.05, 0.1) is 0 Å². The molecule has 166 valence electrons. The summed E-state index contributed by atoms with van der Waals surface area (Å²) in [7, 11) is 0. The molecule has 0 heterocycles. The first-order valence-electron chi connectivity index (χ1n) is 11.7. The molecule has 5 heteroatoms. The number of hydrogen-bond donors (Lipinski definition) is 1. The molecule has 0 bridgehead atoms. The van der Waals surface area contributed by atoms with Crippen molar-refractivity contribution in [2.75, 3.05) is 5.88 Å². The second-order valence-corrected chi connectivity index (χ2v) is 9.69. The Balaban J connectivity index is 1.92. The minimum atomic E-state index is -0.621. The van der Waals surface area contributed by atoms with E-state index in [1.54, 1.807) is 0 Å². The molecule has 0 spiro atoms. The zero-order valence-corrected chi connectivity index (χ0v) is 19.5. The van der Waals surface area contributed by atoms with Crippen molar-refractivity contribution in [3.8, 4) is 0 Å². The highest BCUT2D eigenvalue weighted by molar-refractivity contribution is 6.27. The summed E-state index contributed by atoms with van der Waals surface area (Å²) in [5.74, 6) is 0.737. The molecule has 1 N–H and O–H groups in total. The molecule has 2 amide bonds. The number of halogens is 1. The van der Waals surface area contributed by atoms with Crippen LogP contribution in [-0.4, -0.2) is 34.7 Å².